The molecule has 0 spiro atoms. The molecule has 2 unspecified atom stereocenters. The van der Waals surface area contributed by atoms with Gasteiger partial charge in [-0.15, -0.1) is 0 Å². The summed E-state index contributed by atoms with van der Waals surface area (Å²) in [5.41, 5.74) is 1.96. The molecule has 0 saturated heterocycles. The van der Waals surface area contributed by atoms with Gasteiger partial charge in [0.05, 0.1) is 21.1 Å². The topological polar surface area (TPSA) is 0 Å². The molecule has 0 aliphatic heterocycles. The Morgan fingerprint density at radius 3 is 2.41 bits per heavy atom. The number of quaternary nitrogens is 1. The van der Waals surface area contributed by atoms with Gasteiger partial charge in [0.1, 0.15) is 6.04 Å². The predicted molar refractivity (Wildman–Crippen MR) is 76.9 cm³/mol. The average molecular weight is 236 g/mol. The minimum atomic E-state index is 0.417. The molecule has 0 radical (unpaired) electrons. The lowest BCUT2D eigenvalue weighted by molar-refractivity contribution is -0.887. The lowest BCUT2D eigenvalue weighted by Gasteiger charge is -2.37. The third kappa shape index (κ3) is 3.70. The zero-order chi connectivity index (χ0) is 13.3. The zero-order valence-electron chi connectivity index (χ0n) is 12.7. The number of rotatable bonds is 3. The Bertz CT molecular complexity index is 315. The number of hydrogen-bond donors (Lipinski definition) is 0. The first kappa shape index (κ1) is 14.5. The first-order valence-corrected chi connectivity index (χ1v) is 6.81. The van der Waals surface area contributed by atoms with E-state index in [1.807, 2.05) is 0 Å². The fourth-order valence-corrected chi connectivity index (χ4v) is 2.51. The van der Waals surface area contributed by atoms with Crippen LogP contribution in [0, 0.1) is 11.3 Å². The third-order valence-corrected chi connectivity index (χ3v) is 4.39. The second kappa shape index (κ2) is 4.97. The summed E-state index contributed by atoms with van der Waals surface area (Å²) in [5, 5.41) is 0. The van der Waals surface area contributed by atoms with E-state index >= 15 is 0 Å². The van der Waals surface area contributed by atoms with Gasteiger partial charge in [0.15, 0.2) is 0 Å². The largest absolute Gasteiger partial charge is 0.325 e. The monoisotopic (exact) mass is 236 g/mol. The summed E-state index contributed by atoms with van der Waals surface area (Å²) in [6, 6.07) is 0.570. The fourth-order valence-electron chi connectivity index (χ4n) is 2.51. The van der Waals surface area contributed by atoms with Gasteiger partial charge in [0.25, 0.3) is 0 Å². The summed E-state index contributed by atoms with van der Waals surface area (Å²) < 4.78 is 0.992. The molecular formula is C16H30N+. The third-order valence-electron chi connectivity index (χ3n) is 4.39. The lowest BCUT2D eigenvalue weighted by atomic mass is 9.68. The van der Waals surface area contributed by atoms with Gasteiger partial charge < -0.3 is 4.48 Å². The Labute approximate surface area is 108 Å². The van der Waals surface area contributed by atoms with Gasteiger partial charge in [-0.05, 0) is 38.2 Å². The second-order valence-electron chi connectivity index (χ2n) is 7.19. The van der Waals surface area contributed by atoms with E-state index in [-0.39, 0.29) is 0 Å². The number of allylic oxidation sites excluding steroid dienone is 3. The van der Waals surface area contributed by atoms with Gasteiger partial charge in [-0.25, -0.2) is 0 Å². The van der Waals surface area contributed by atoms with Crippen molar-refractivity contribution in [2.24, 2.45) is 11.3 Å². The average Bonchev–Trinajstić information content (AvgIpc) is 2.14. The molecule has 0 amide bonds. The van der Waals surface area contributed by atoms with E-state index in [2.05, 4.69) is 67.1 Å². The van der Waals surface area contributed by atoms with Crippen LogP contribution in [0.5, 0.6) is 0 Å². The highest BCUT2D eigenvalue weighted by Crippen LogP contribution is 2.41. The van der Waals surface area contributed by atoms with Crippen molar-refractivity contribution in [1.29, 1.82) is 0 Å². The number of likely N-dealkylation sites (N-methyl/N-ethyl adjacent to an activating group) is 1. The Kier molecular flexibility index (Phi) is 4.24. The van der Waals surface area contributed by atoms with E-state index in [1.54, 1.807) is 5.57 Å². The molecule has 0 heterocycles. The highest BCUT2D eigenvalue weighted by Gasteiger charge is 2.31. The molecule has 98 valence electrons. The summed E-state index contributed by atoms with van der Waals surface area (Å²) in [7, 11) is 6.76. The van der Waals surface area contributed by atoms with Crippen molar-refractivity contribution in [2.75, 3.05) is 21.1 Å². The van der Waals surface area contributed by atoms with Crippen molar-refractivity contribution in [3.05, 3.63) is 23.8 Å². The summed E-state index contributed by atoms with van der Waals surface area (Å²) in [4.78, 5) is 0. The van der Waals surface area contributed by atoms with Crippen LogP contribution in [0.3, 0.4) is 0 Å². The smallest absolute Gasteiger partial charge is 0.104 e. The van der Waals surface area contributed by atoms with Crippen LogP contribution >= 0.6 is 0 Å². The molecule has 0 N–H and O–H groups in total. The number of nitrogens with zero attached hydrogens (tertiary/aromatic N) is 1. The van der Waals surface area contributed by atoms with Crippen LogP contribution in [-0.2, 0) is 0 Å². The van der Waals surface area contributed by atoms with Crippen molar-refractivity contribution in [1.82, 2.24) is 0 Å². The van der Waals surface area contributed by atoms with Crippen LogP contribution < -0.4 is 0 Å². The van der Waals surface area contributed by atoms with Crippen LogP contribution in [-0.4, -0.2) is 31.7 Å². The van der Waals surface area contributed by atoms with Gasteiger partial charge in [-0.3, -0.25) is 0 Å². The molecule has 1 rings (SSSR count). The first-order valence-electron chi connectivity index (χ1n) is 6.81. The second-order valence-corrected chi connectivity index (χ2v) is 7.19. The maximum Gasteiger partial charge on any atom is 0.104 e. The van der Waals surface area contributed by atoms with E-state index in [1.165, 1.54) is 12.8 Å². The van der Waals surface area contributed by atoms with Crippen molar-refractivity contribution in [3.63, 3.8) is 0 Å². The molecule has 0 aromatic carbocycles. The molecule has 0 bridgehead atoms. The maximum absolute atomic E-state index is 2.44. The van der Waals surface area contributed by atoms with Gasteiger partial charge in [0, 0.05) is 5.92 Å². The minimum absolute atomic E-state index is 0.417. The quantitative estimate of drug-likeness (QED) is 0.513. The van der Waals surface area contributed by atoms with Crippen LogP contribution in [0.25, 0.3) is 0 Å². The summed E-state index contributed by atoms with van der Waals surface area (Å²) in [6.07, 6.45) is 9.80. The van der Waals surface area contributed by atoms with Gasteiger partial charge >= 0.3 is 0 Å². The zero-order valence-corrected chi connectivity index (χ0v) is 12.7. The highest BCUT2D eigenvalue weighted by atomic mass is 15.3. The SMILES string of the molecule is CC1=CCCC(C)(C)C1/C=C/C(C)[N+](C)(C)C. The molecule has 0 fully saturated rings. The molecule has 17 heavy (non-hydrogen) atoms. The standard InChI is InChI=1S/C16H30N/c1-13-9-8-12-16(3,4)15(13)11-10-14(2)17(5,6)7/h9-11,14-15H,8,12H2,1-7H3/q+1/b11-10+. The van der Waals surface area contributed by atoms with Gasteiger partial charge in [0.2, 0.25) is 0 Å². The Morgan fingerprint density at radius 2 is 1.94 bits per heavy atom. The first-order chi connectivity index (χ1) is 7.64. The van der Waals surface area contributed by atoms with Crippen molar-refractivity contribution in [3.8, 4) is 0 Å². The normalized spacial score (nSPS) is 27.0. The van der Waals surface area contributed by atoms with Crippen LogP contribution in [0.4, 0.5) is 0 Å². The van der Waals surface area contributed by atoms with Crippen LogP contribution in [0.15, 0.2) is 23.8 Å². The fraction of sp³-hybridized carbons (Fsp3) is 0.750. The summed E-state index contributed by atoms with van der Waals surface area (Å²) in [6.45, 7) is 9.38. The predicted octanol–water partition coefficient (Wildman–Crippen LogP) is 4.02. The van der Waals surface area contributed by atoms with Crippen molar-refractivity contribution in [2.45, 2.75) is 46.6 Å². The van der Waals surface area contributed by atoms with E-state index < -0.39 is 0 Å². The Balaban J connectivity index is 2.82. The van der Waals surface area contributed by atoms with Gasteiger partial charge in [-0.1, -0.05) is 31.6 Å². The van der Waals surface area contributed by atoms with Crippen LogP contribution in [0.2, 0.25) is 0 Å². The molecule has 2 atom stereocenters. The van der Waals surface area contributed by atoms with E-state index in [9.17, 15) is 0 Å². The van der Waals surface area contributed by atoms with E-state index in [0.29, 0.717) is 17.4 Å². The number of hydrogen-bond acceptors (Lipinski definition) is 0. The molecular weight excluding hydrogens is 206 g/mol. The summed E-state index contributed by atoms with van der Waals surface area (Å²) in [5.74, 6) is 0.616. The van der Waals surface area contributed by atoms with E-state index in [0.717, 1.165) is 4.48 Å². The lowest BCUT2D eigenvalue weighted by Crippen LogP contribution is -2.42. The highest BCUT2D eigenvalue weighted by molar-refractivity contribution is 5.19. The van der Waals surface area contributed by atoms with Gasteiger partial charge in [-0.2, -0.15) is 0 Å². The van der Waals surface area contributed by atoms with E-state index in [4.69, 9.17) is 0 Å². The van der Waals surface area contributed by atoms with Crippen LogP contribution in [0.1, 0.15) is 40.5 Å². The molecule has 1 aliphatic rings. The van der Waals surface area contributed by atoms with Crippen molar-refractivity contribution < 1.29 is 4.48 Å². The molecule has 0 saturated carbocycles. The Morgan fingerprint density at radius 1 is 1.35 bits per heavy atom. The molecule has 1 aliphatic carbocycles. The maximum atomic E-state index is 2.44. The minimum Gasteiger partial charge on any atom is -0.325 e. The molecule has 0 aromatic rings. The molecule has 1 heteroatoms. The van der Waals surface area contributed by atoms with Crippen molar-refractivity contribution >= 4 is 0 Å². The summed E-state index contributed by atoms with van der Waals surface area (Å²) >= 11 is 0. The molecule has 0 aromatic heterocycles. The Hall–Kier alpha value is -0.560. The molecule has 1 nitrogen and oxygen atoms in total.